The first-order valence-electron chi connectivity index (χ1n) is 21.2. The fourth-order valence-corrected chi connectivity index (χ4v) is 9.69. The number of nitrogens with zero attached hydrogens (tertiary/aromatic N) is 2. The van der Waals surface area contributed by atoms with Gasteiger partial charge in [0.2, 0.25) is 0 Å². The number of hydrogen-bond acceptors (Lipinski definition) is 2. The summed E-state index contributed by atoms with van der Waals surface area (Å²) >= 11 is 0. The van der Waals surface area contributed by atoms with Gasteiger partial charge in [-0.05, 0) is 107 Å². The number of aromatic nitrogens is 1. The average molecular weight is 781 g/mol. The predicted octanol–water partition coefficient (Wildman–Crippen LogP) is 16.4. The van der Waals surface area contributed by atoms with Gasteiger partial charge in [-0.25, -0.2) is 0 Å². The minimum atomic E-state index is 0.885. The topological polar surface area (TPSA) is 21.3 Å². The van der Waals surface area contributed by atoms with Crippen molar-refractivity contribution in [2.75, 3.05) is 4.90 Å². The molecule has 0 radical (unpaired) electrons. The number of hydrogen-bond donors (Lipinski definition) is 0. The Morgan fingerprint density at radius 3 is 1.79 bits per heavy atom. The summed E-state index contributed by atoms with van der Waals surface area (Å²) in [5, 5.41) is 7.19. The van der Waals surface area contributed by atoms with Crippen molar-refractivity contribution in [3.05, 3.63) is 224 Å². The Hall–Kier alpha value is -7.88. The number of anilines is 3. The van der Waals surface area contributed by atoms with Crippen molar-refractivity contribution in [1.29, 1.82) is 0 Å². The number of rotatable bonds is 7. The van der Waals surface area contributed by atoms with E-state index in [9.17, 15) is 0 Å². The third-order valence-corrected chi connectivity index (χ3v) is 12.5. The number of para-hydroxylation sites is 4. The number of furan rings is 1. The Labute approximate surface area is 354 Å². The van der Waals surface area contributed by atoms with Crippen molar-refractivity contribution in [3.63, 3.8) is 0 Å². The van der Waals surface area contributed by atoms with E-state index in [4.69, 9.17) is 4.42 Å². The molecule has 2 aromatic heterocycles. The lowest BCUT2D eigenvalue weighted by Crippen LogP contribution is -2.11. The second-order valence-corrected chi connectivity index (χ2v) is 15.9. The van der Waals surface area contributed by atoms with E-state index in [-0.39, 0.29) is 0 Å². The summed E-state index contributed by atoms with van der Waals surface area (Å²) < 4.78 is 8.99. The summed E-state index contributed by atoms with van der Waals surface area (Å²) in [4.78, 5) is 2.41. The molecule has 12 rings (SSSR count). The maximum Gasteiger partial charge on any atom is 0.136 e. The molecule has 1 aliphatic carbocycles. The Morgan fingerprint density at radius 2 is 1.05 bits per heavy atom. The average Bonchev–Trinajstić information content (AvgIpc) is 3.89. The van der Waals surface area contributed by atoms with E-state index >= 15 is 0 Å². The largest absolute Gasteiger partial charge is 0.456 e. The van der Waals surface area contributed by atoms with Crippen molar-refractivity contribution in [3.8, 4) is 27.9 Å². The molecule has 0 atom stereocenters. The van der Waals surface area contributed by atoms with Gasteiger partial charge in [0.15, 0.2) is 0 Å². The normalized spacial score (nSPS) is 12.8. The lowest BCUT2D eigenvalue weighted by atomic mass is 9.94. The van der Waals surface area contributed by atoms with Crippen LogP contribution in [0.15, 0.2) is 223 Å². The van der Waals surface area contributed by atoms with Crippen molar-refractivity contribution in [2.45, 2.75) is 12.8 Å². The smallest absolute Gasteiger partial charge is 0.136 e. The SMILES string of the molecule is C1=CCCC(c2ccc(N(c3ccc(-c4ccccc4-n4c5ccccc5c5ccccc54)cc3)c3ccccc3-c3cccc4oc5ccc6ccccc6c5c34)cc2)=C1. The second-order valence-electron chi connectivity index (χ2n) is 15.9. The molecule has 61 heavy (non-hydrogen) atoms. The second kappa shape index (κ2) is 14.4. The van der Waals surface area contributed by atoms with Crippen molar-refractivity contribution >= 4 is 77.2 Å². The van der Waals surface area contributed by atoms with Crippen LogP contribution in [0.3, 0.4) is 0 Å². The summed E-state index contributed by atoms with van der Waals surface area (Å²) in [5.74, 6) is 0. The molecule has 1 aliphatic rings. The Balaban J connectivity index is 1.03. The fraction of sp³-hybridized carbons (Fsp3) is 0.0345. The maximum absolute atomic E-state index is 6.58. The molecule has 0 spiro atoms. The molecule has 3 nitrogen and oxygen atoms in total. The van der Waals surface area contributed by atoms with Gasteiger partial charge in [0.05, 0.1) is 22.4 Å². The van der Waals surface area contributed by atoms with Crippen LogP contribution in [-0.2, 0) is 0 Å². The number of benzene rings is 9. The van der Waals surface area contributed by atoms with Gasteiger partial charge in [-0.2, -0.15) is 0 Å². The van der Waals surface area contributed by atoms with E-state index in [0.717, 1.165) is 74.2 Å². The molecule has 0 N–H and O–H groups in total. The minimum Gasteiger partial charge on any atom is -0.456 e. The van der Waals surface area contributed by atoms with Gasteiger partial charge >= 0.3 is 0 Å². The molecule has 11 aromatic rings. The van der Waals surface area contributed by atoms with Crippen LogP contribution in [0, 0.1) is 0 Å². The quantitative estimate of drug-likeness (QED) is 0.161. The van der Waals surface area contributed by atoms with Crippen LogP contribution in [0.4, 0.5) is 17.1 Å². The van der Waals surface area contributed by atoms with E-state index in [0.29, 0.717) is 0 Å². The molecule has 0 bridgehead atoms. The van der Waals surface area contributed by atoms with Crippen LogP contribution in [0.25, 0.3) is 88.0 Å². The minimum absolute atomic E-state index is 0.885. The predicted molar refractivity (Wildman–Crippen MR) is 257 cm³/mol. The molecule has 0 aliphatic heterocycles. The van der Waals surface area contributed by atoms with Gasteiger partial charge in [-0.1, -0.05) is 158 Å². The van der Waals surface area contributed by atoms with Gasteiger partial charge in [-0.15, -0.1) is 0 Å². The van der Waals surface area contributed by atoms with Crippen LogP contribution < -0.4 is 4.90 Å². The molecule has 0 saturated heterocycles. The lowest BCUT2D eigenvalue weighted by molar-refractivity contribution is 0.669. The molecule has 0 unspecified atom stereocenters. The Bertz CT molecular complexity index is 3470. The molecule has 288 valence electrons. The summed E-state index contributed by atoms with van der Waals surface area (Å²) in [7, 11) is 0. The van der Waals surface area contributed by atoms with Crippen LogP contribution in [0.2, 0.25) is 0 Å². The third-order valence-electron chi connectivity index (χ3n) is 12.5. The van der Waals surface area contributed by atoms with E-state index in [2.05, 4.69) is 228 Å². The third kappa shape index (κ3) is 5.81. The zero-order valence-corrected chi connectivity index (χ0v) is 33.5. The molecule has 2 heterocycles. The summed E-state index contributed by atoms with van der Waals surface area (Å²) in [6, 6.07) is 72.6. The highest BCUT2D eigenvalue weighted by molar-refractivity contribution is 6.23. The maximum atomic E-state index is 6.58. The van der Waals surface area contributed by atoms with E-state index < -0.39 is 0 Å². The van der Waals surface area contributed by atoms with Gasteiger partial charge in [0, 0.05) is 44.0 Å². The van der Waals surface area contributed by atoms with E-state index in [1.54, 1.807) is 0 Å². The molecular formula is C58H40N2O. The van der Waals surface area contributed by atoms with Gasteiger partial charge in [0.1, 0.15) is 11.2 Å². The fourth-order valence-electron chi connectivity index (χ4n) is 9.69. The number of fused-ring (bicyclic) bond motifs is 8. The molecular weight excluding hydrogens is 741 g/mol. The summed E-state index contributed by atoms with van der Waals surface area (Å²) in [6.07, 6.45) is 8.80. The van der Waals surface area contributed by atoms with E-state index in [1.807, 2.05) is 0 Å². The van der Waals surface area contributed by atoms with Gasteiger partial charge < -0.3 is 13.9 Å². The van der Waals surface area contributed by atoms with Gasteiger partial charge in [-0.3, -0.25) is 0 Å². The first-order valence-corrected chi connectivity index (χ1v) is 21.2. The monoisotopic (exact) mass is 780 g/mol. The van der Waals surface area contributed by atoms with Crippen LogP contribution in [-0.4, -0.2) is 4.57 Å². The zero-order chi connectivity index (χ0) is 40.3. The van der Waals surface area contributed by atoms with Crippen LogP contribution in [0.1, 0.15) is 18.4 Å². The lowest BCUT2D eigenvalue weighted by Gasteiger charge is -2.28. The highest BCUT2D eigenvalue weighted by Gasteiger charge is 2.22. The molecule has 0 amide bonds. The number of allylic oxidation sites excluding steroid dienone is 4. The zero-order valence-electron chi connectivity index (χ0n) is 33.5. The summed E-state index contributed by atoms with van der Waals surface area (Å²) in [6.45, 7) is 0. The van der Waals surface area contributed by atoms with Crippen molar-refractivity contribution < 1.29 is 4.42 Å². The van der Waals surface area contributed by atoms with E-state index in [1.165, 1.54) is 49.3 Å². The van der Waals surface area contributed by atoms with Crippen molar-refractivity contribution in [2.24, 2.45) is 0 Å². The molecule has 3 heteroatoms. The van der Waals surface area contributed by atoms with Crippen LogP contribution in [0.5, 0.6) is 0 Å². The summed E-state index contributed by atoms with van der Waals surface area (Å²) in [5.41, 5.74) is 15.9. The molecule has 9 aromatic carbocycles. The molecule has 0 fully saturated rings. The standard InChI is InChI=1S/C58H40N2O/c1-2-15-39(16-3-1)40-29-34-43(35-30-40)59(52-25-11-9-22-49(52)50-23-14-28-55-58(50)57-46-19-5-4-17-41(46)33-38-56(57)61-55)44-36-31-42(32-37-44)45-18-6-10-24-51(45)60-53-26-12-7-20-47(53)48-21-8-13-27-54(48)60/h1-2,4-15,17-38H,3,16H2. The first kappa shape index (κ1) is 35.1. The molecule has 0 saturated carbocycles. The first-order chi connectivity index (χ1) is 30.3. The Kier molecular flexibility index (Phi) is 8.31. The van der Waals surface area contributed by atoms with Crippen molar-refractivity contribution in [1.82, 2.24) is 4.57 Å². The highest BCUT2D eigenvalue weighted by atomic mass is 16.3. The van der Waals surface area contributed by atoms with Gasteiger partial charge in [0.25, 0.3) is 0 Å². The Morgan fingerprint density at radius 1 is 0.443 bits per heavy atom. The highest BCUT2D eigenvalue weighted by Crippen LogP contribution is 2.47. The van der Waals surface area contributed by atoms with Crippen LogP contribution >= 0.6 is 0 Å².